The van der Waals surface area contributed by atoms with Gasteiger partial charge in [-0.25, -0.2) is 8.42 Å². The molecule has 0 radical (unpaired) electrons. The summed E-state index contributed by atoms with van der Waals surface area (Å²) in [6.45, 7) is 7.12. The second-order valence-corrected chi connectivity index (χ2v) is 8.20. The predicted molar refractivity (Wildman–Crippen MR) is 80.5 cm³/mol. The van der Waals surface area contributed by atoms with Gasteiger partial charge in [-0.05, 0) is 64.4 Å². The third-order valence-corrected chi connectivity index (χ3v) is 4.74. The Hall–Kier alpha value is -0.580. The van der Waals surface area contributed by atoms with Gasteiger partial charge in [-0.1, -0.05) is 11.6 Å². The van der Waals surface area contributed by atoms with Gasteiger partial charge in [-0.15, -0.1) is 0 Å². The summed E-state index contributed by atoms with van der Waals surface area (Å²) in [7, 11) is -3.18. The quantitative estimate of drug-likeness (QED) is 0.820. The summed E-state index contributed by atoms with van der Waals surface area (Å²) in [4.78, 5) is 0.348. The van der Waals surface area contributed by atoms with E-state index in [1.165, 1.54) is 0 Å². The van der Waals surface area contributed by atoms with E-state index < -0.39 is 9.84 Å². The second-order valence-electron chi connectivity index (χ2n) is 5.66. The average molecular weight is 304 g/mol. The Morgan fingerprint density at radius 2 is 1.68 bits per heavy atom. The van der Waals surface area contributed by atoms with Crippen molar-refractivity contribution in [1.82, 2.24) is 5.32 Å². The second kappa shape index (κ2) is 6.73. The van der Waals surface area contributed by atoms with Crippen LogP contribution in [0.2, 0.25) is 5.02 Å². The van der Waals surface area contributed by atoms with Gasteiger partial charge >= 0.3 is 0 Å². The van der Waals surface area contributed by atoms with Crippen molar-refractivity contribution in [3.8, 4) is 0 Å². The molecule has 5 heteroatoms. The lowest BCUT2D eigenvalue weighted by Crippen LogP contribution is -2.36. The van der Waals surface area contributed by atoms with Crippen LogP contribution in [0.3, 0.4) is 0 Å². The highest BCUT2D eigenvalue weighted by Crippen LogP contribution is 2.16. The largest absolute Gasteiger partial charge is 0.312 e. The summed E-state index contributed by atoms with van der Waals surface area (Å²) in [6.07, 6.45) is 1.51. The first-order valence-corrected chi connectivity index (χ1v) is 8.47. The zero-order valence-electron chi connectivity index (χ0n) is 11.7. The molecule has 3 nitrogen and oxygen atoms in total. The molecule has 0 amide bonds. The molecular weight excluding hydrogens is 282 g/mol. The Labute approximate surface area is 121 Å². The van der Waals surface area contributed by atoms with E-state index in [0.29, 0.717) is 16.3 Å². The van der Waals surface area contributed by atoms with Crippen molar-refractivity contribution in [3.63, 3.8) is 0 Å². The van der Waals surface area contributed by atoms with E-state index in [1.807, 2.05) is 0 Å². The zero-order valence-corrected chi connectivity index (χ0v) is 13.3. The zero-order chi connectivity index (χ0) is 14.5. The summed E-state index contributed by atoms with van der Waals surface area (Å²) >= 11 is 5.75. The first kappa shape index (κ1) is 16.5. The van der Waals surface area contributed by atoms with Gasteiger partial charge in [0.2, 0.25) is 0 Å². The Morgan fingerprint density at radius 3 is 2.21 bits per heavy atom. The summed E-state index contributed by atoms with van der Waals surface area (Å²) in [5.41, 5.74) is 0.0784. The van der Waals surface area contributed by atoms with Gasteiger partial charge in [0.05, 0.1) is 10.6 Å². The highest BCUT2D eigenvalue weighted by molar-refractivity contribution is 7.91. The molecule has 1 N–H and O–H groups in total. The van der Waals surface area contributed by atoms with E-state index in [4.69, 9.17) is 11.6 Å². The van der Waals surface area contributed by atoms with Crippen molar-refractivity contribution in [3.05, 3.63) is 29.3 Å². The SMILES string of the molecule is CC(C)(C)NCCCCS(=O)(=O)c1ccc(Cl)cc1. The smallest absolute Gasteiger partial charge is 0.178 e. The minimum Gasteiger partial charge on any atom is -0.312 e. The first-order valence-electron chi connectivity index (χ1n) is 6.44. The van der Waals surface area contributed by atoms with E-state index in [2.05, 4.69) is 26.1 Å². The predicted octanol–water partition coefficient (Wildman–Crippen LogP) is 3.28. The highest BCUT2D eigenvalue weighted by Gasteiger charge is 2.14. The van der Waals surface area contributed by atoms with Crippen LogP contribution in [-0.4, -0.2) is 26.3 Å². The monoisotopic (exact) mass is 303 g/mol. The van der Waals surface area contributed by atoms with Gasteiger partial charge in [0.15, 0.2) is 9.84 Å². The molecule has 1 aromatic carbocycles. The maximum absolute atomic E-state index is 12.0. The van der Waals surface area contributed by atoms with Gasteiger partial charge in [-0.3, -0.25) is 0 Å². The number of nitrogens with one attached hydrogen (secondary N) is 1. The molecule has 0 aliphatic carbocycles. The molecule has 0 atom stereocenters. The number of hydrogen-bond acceptors (Lipinski definition) is 3. The molecule has 0 unspecified atom stereocenters. The average Bonchev–Trinajstić information content (AvgIpc) is 2.27. The fourth-order valence-electron chi connectivity index (χ4n) is 1.64. The topological polar surface area (TPSA) is 46.2 Å². The molecule has 19 heavy (non-hydrogen) atoms. The van der Waals surface area contributed by atoms with Crippen molar-refractivity contribution >= 4 is 21.4 Å². The van der Waals surface area contributed by atoms with Crippen LogP contribution in [0.4, 0.5) is 0 Å². The number of halogens is 1. The number of benzene rings is 1. The van der Waals surface area contributed by atoms with Crippen LogP contribution >= 0.6 is 11.6 Å². The Morgan fingerprint density at radius 1 is 1.11 bits per heavy atom. The standard InChI is InChI=1S/C14H22ClNO2S/c1-14(2,3)16-10-4-5-11-19(17,18)13-8-6-12(15)7-9-13/h6-9,16H,4-5,10-11H2,1-3H3. The molecule has 0 fully saturated rings. The summed E-state index contributed by atoms with van der Waals surface area (Å²) in [6, 6.07) is 6.33. The number of hydrogen-bond donors (Lipinski definition) is 1. The van der Waals surface area contributed by atoms with E-state index in [0.717, 1.165) is 13.0 Å². The van der Waals surface area contributed by atoms with Crippen molar-refractivity contribution in [1.29, 1.82) is 0 Å². The number of rotatable bonds is 6. The maximum atomic E-state index is 12.0. The van der Waals surface area contributed by atoms with Crippen LogP contribution in [0.5, 0.6) is 0 Å². The molecule has 1 rings (SSSR count). The molecule has 0 aliphatic rings. The lowest BCUT2D eigenvalue weighted by Gasteiger charge is -2.20. The van der Waals surface area contributed by atoms with E-state index >= 15 is 0 Å². The molecule has 0 saturated carbocycles. The van der Waals surface area contributed by atoms with E-state index in [-0.39, 0.29) is 11.3 Å². The molecule has 0 aliphatic heterocycles. The Kier molecular flexibility index (Phi) is 5.83. The van der Waals surface area contributed by atoms with Gasteiger partial charge in [0, 0.05) is 10.6 Å². The van der Waals surface area contributed by atoms with E-state index in [9.17, 15) is 8.42 Å². The summed E-state index contributed by atoms with van der Waals surface area (Å²) in [5, 5.41) is 3.89. The molecule has 0 saturated heterocycles. The van der Waals surface area contributed by atoms with Crippen LogP contribution in [0, 0.1) is 0 Å². The molecule has 0 heterocycles. The van der Waals surface area contributed by atoms with Gasteiger partial charge in [0.25, 0.3) is 0 Å². The minimum absolute atomic E-state index is 0.0784. The summed E-state index contributed by atoms with van der Waals surface area (Å²) < 4.78 is 24.1. The van der Waals surface area contributed by atoms with Crippen LogP contribution < -0.4 is 5.32 Å². The Bertz CT molecular complexity index is 489. The molecule has 108 valence electrons. The molecular formula is C14H22ClNO2S. The van der Waals surface area contributed by atoms with Crippen LogP contribution in [0.25, 0.3) is 0 Å². The van der Waals surface area contributed by atoms with Crippen LogP contribution in [-0.2, 0) is 9.84 Å². The van der Waals surface area contributed by atoms with E-state index in [1.54, 1.807) is 24.3 Å². The third kappa shape index (κ3) is 6.41. The van der Waals surface area contributed by atoms with Crippen molar-refractivity contribution < 1.29 is 8.42 Å². The fraction of sp³-hybridized carbons (Fsp3) is 0.571. The number of sulfone groups is 1. The normalized spacial score (nSPS) is 12.6. The van der Waals surface area contributed by atoms with Crippen molar-refractivity contribution in [2.75, 3.05) is 12.3 Å². The van der Waals surface area contributed by atoms with Crippen molar-refractivity contribution in [2.24, 2.45) is 0 Å². The van der Waals surface area contributed by atoms with Crippen LogP contribution in [0.1, 0.15) is 33.6 Å². The lowest BCUT2D eigenvalue weighted by atomic mass is 10.1. The van der Waals surface area contributed by atoms with Gasteiger partial charge < -0.3 is 5.32 Å². The lowest BCUT2D eigenvalue weighted by molar-refractivity contribution is 0.421. The van der Waals surface area contributed by atoms with Gasteiger partial charge in [-0.2, -0.15) is 0 Å². The first-order chi connectivity index (χ1) is 8.71. The van der Waals surface area contributed by atoms with Crippen LogP contribution in [0.15, 0.2) is 29.2 Å². The molecule has 0 spiro atoms. The third-order valence-electron chi connectivity index (χ3n) is 2.67. The molecule has 0 aromatic heterocycles. The molecule has 0 bridgehead atoms. The van der Waals surface area contributed by atoms with Crippen molar-refractivity contribution in [2.45, 2.75) is 44.0 Å². The summed E-state index contributed by atoms with van der Waals surface area (Å²) in [5.74, 6) is 0.181. The highest BCUT2D eigenvalue weighted by atomic mass is 35.5. The Balaban J connectivity index is 2.42. The minimum atomic E-state index is -3.18. The van der Waals surface area contributed by atoms with Gasteiger partial charge in [0.1, 0.15) is 0 Å². The molecule has 1 aromatic rings. The maximum Gasteiger partial charge on any atom is 0.178 e. The fourth-order valence-corrected chi connectivity index (χ4v) is 3.14. The number of unbranched alkanes of at least 4 members (excludes halogenated alkanes) is 1.